The van der Waals surface area contributed by atoms with Gasteiger partial charge in [-0.05, 0) is 51.8 Å². The quantitative estimate of drug-likeness (QED) is 0.418. The van der Waals surface area contributed by atoms with E-state index in [2.05, 4.69) is 30.0 Å². The molecule has 2 N–H and O–H groups in total. The number of anilines is 2. The third-order valence-corrected chi connectivity index (χ3v) is 7.53. The number of methoxy groups -OCH3 is 1. The van der Waals surface area contributed by atoms with Gasteiger partial charge in [0.1, 0.15) is 5.75 Å². The van der Waals surface area contributed by atoms with Crippen LogP contribution in [-0.2, 0) is 20.2 Å². The standard InChI is InChI=1S/C24H28N6O5S/c1-5-35-21-14-25-13-18(27-21)15-6-9-17(19(12-15)34-4)28-22(31)24(2,3)20-10-11-26-23(29-20)30-36(32,33)16-7-8-16/h6,9-14,16H,5,7-8H2,1-4H3,(H,28,31)(H,26,29,30). The van der Waals surface area contributed by atoms with Crippen LogP contribution in [0.25, 0.3) is 11.3 Å². The molecule has 11 nitrogen and oxygen atoms in total. The lowest BCUT2D eigenvalue weighted by molar-refractivity contribution is -0.120. The van der Waals surface area contributed by atoms with E-state index < -0.39 is 20.7 Å². The minimum absolute atomic E-state index is 0.0578. The maximum atomic E-state index is 13.3. The molecule has 1 saturated carbocycles. The first-order valence-corrected chi connectivity index (χ1v) is 13.0. The zero-order valence-electron chi connectivity index (χ0n) is 20.5. The fourth-order valence-corrected chi connectivity index (χ4v) is 4.67. The zero-order valence-corrected chi connectivity index (χ0v) is 21.3. The number of carbonyl (C=O) groups is 1. The van der Waals surface area contributed by atoms with Crippen molar-refractivity contribution in [1.29, 1.82) is 0 Å². The molecule has 4 rings (SSSR count). The number of benzene rings is 1. The number of aromatic nitrogens is 4. The monoisotopic (exact) mass is 512 g/mol. The molecule has 36 heavy (non-hydrogen) atoms. The average Bonchev–Trinajstić information content (AvgIpc) is 3.71. The Bertz CT molecular complexity index is 1370. The lowest BCUT2D eigenvalue weighted by Crippen LogP contribution is -2.36. The van der Waals surface area contributed by atoms with Gasteiger partial charge >= 0.3 is 0 Å². The number of nitrogens with zero attached hydrogens (tertiary/aromatic N) is 4. The van der Waals surface area contributed by atoms with E-state index in [1.54, 1.807) is 44.3 Å². The fraction of sp³-hybridized carbons (Fsp3) is 0.375. The highest BCUT2D eigenvalue weighted by molar-refractivity contribution is 7.93. The molecule has 0 atom stereocenters. The summed E-state index contributed by atoms with van der Waals surface area (Å²) < 4.78 is 37.8. The number of hydrogen-bond acceptors (Lipinski definition) is 9. The highest BCUT2D eigenvalue weighted by atomic mass is 32.2. The first-order chi connectivity index (χ1) is 17.1. The average molecular weight is 513 g/mol. The van der Waals surface area contributed by atoms with Crippen molar-refractivity contribution in [1.82, 2.24) is 19.9 Å². The van der Waals surface area contributed by atoms with E-state index in [1.807, 2.05) is 6.92 Å². The molecule has 0 unspecified atom stereocenters. The second kappa shape index (κ2) is 10.1. The molecule has 1 fully saturated rings. The Morgan fingerprint density at radius 1 is 1.17 bits per heavy atom. The van der Waals surface area contributed by atoms with Crippen molar-refractivity contribution in [3.05, 3.63) is 48.5 Å². The Morgan fingerprint density at radius 2 is 1.94 bits per heavy atom. The Hall–Kier alpha value is -3.80. The van der Waals surface area contributed by atoms with Gasteiger partial charge < -0.3 is 14.8 Å². The van der Waals surface area contributed by atoms with Gasteiger partial charge in [-0.3, -0.25) is 14.5 Å². The van der Waals surface area contributed by atoms with Gasteiger partial charge in [-0.25, -0.2) is 23.4 Å². The summed E-state index contributed by atoms with van der Waals surface area (Å²) in [7, 11) is -2.02. The lowest BCUT2D eigenvalue weighted by Gasteiger charge is -2.24. The van der Waals surface area contributed by atoms with Gasteiger partial charge in [-0.1, -0.05) is 6.07 Å². The Morgan fingerprint density at radius 3 is 2.64 bits per heavy atom. The summed E-state index contributed by atoms with van der Waals surface area (Å²) in [6, 6.07) is 6.84. The summed E-state index contributed by atoms with van der Waals surface area (Å²) in [6.07, 6.45) is 5.82. The van der Waals surface area contributed by atoms with Gasteiger partial charge in [0.15, 0.2) is 0 Å². The van der Waals surface area contributed by atoms with Crippen molar-refractivity contribution in [2.45, 2.75) is 44.3 Å². The number of rotatable bonds is 10. The minimum atomic E-state index is -3.52. The van der Waals surface area contributed by atoms with Gasteiger partial charge in [0, 0.05) is 11.8 Å². The number of ether oxygens (including phenoxy) is 2. The molecular formula is C24H28N6O5S. The molecular weight excluding hydrogens is 484 g/mol. The SMILES string of the molecule is CCOc1cncc(-c2ccc(NC(=O)C(C)(C)c3ccnc(NS(=O)(=O)C4CC4)n3)c(OC)c2)n1. The molecule has 0 spiro atoms. The topological polar surface area (TPSA) is 145 Å². The van der Waals surface area contributed by atoms with Crippen LogP contribution in [0.15, 0.2) is 42.9 Å². The van der Waals surface area contributed by atoms with Crippen molar-refractivity contribution < 1.29 is 22.7 Å². The molecule has 0 aliphatic heterocycles. The summed E-state index contributed by atoms with van der Waals surface area (Å²) in [6.45, 7) is 5.73. The molecule has 12 heteroatoms. The smallest absolute Gasteiger partial charge is 0.237 e. The van der Waals surface area contributed by atoms with Crippen LogP contribution in [0.4, 0.5) is 11.6 Å². The number of sulfonamides is 1. The molecule has 2 aromatic heterocycles. The molecule has 2 heterocycles. The summed E-state index contributed by atoms with van der Waals surface area (Å²) in [5, 5.41) is 2.47. The van der Waals surface area contributed by atoms with Gasteiger partial charge in [0.25, 0.3) is 0 Å². The summed E-state index contributed by atoms with van der Waals surface area (Å²) in [5.74, 6) is 0.427. The molecule has 0 radical (unpaired) electrons. The van der Waals surface area contributed by atoms with Crippen molar-refractivity contribution in [2.75, 3.05) is 23.8 Å². The Balaban J connectivity index is 1.54. The lowest BCUT2D eigenvalue weighted by atomic mass is 9.88. The normalized spacial score (nSPS) is 13.7. The van der Waals surface area contributed by atoms with Crippen molar-refractivity contribution >= 4 is 27.6 Å². The van der Waals surface area contributed by atoms with E-state index in [0.29, 0.717) is 48.2 Å². The summed E-state index contributed by atoms with van der Waals surface area (Å²) in [4.78, 5) is 30.2. The number of hydrogen-bond donors (Lipinski definition) is 2. The first-order valence-electron chi connectivity index (χ1n) is 11.4. The summed E-state index contributed by atoms with van der Waals surface area (Å²) >= 11 is 0. The van der Waals surface area contributed by atoms with Gasteiger partial charge in [-0.15, -0.1) is 0 Å². The predicted octanol–water partition coefficient (Wildman–Crippen LogP) is 3.16. The van der Waals surface area contributed by atoms with Crippen LogP contribution < -0.4 is 19.5 Å². The molecule has 1 aliphatic rings. The van der Waals surface area contributed by atoms with Crippen LogP contribution in [0.1, 0.15) is 39.3 Å². The van der Waals surface area contributed by atoms with Crippen molar-refractivity contribution in [3.63, 3.8) is 0 Å². The number of carbonyl (C=O) groups excluding carboxylic acids is 1. The van der Waals surface area contributed by atoms with Crippen LogP contribution in [0.3, 0.4) is 0 Å². The van der Waals surface area contributed by atoms with Gasteiger partial charge in [0.05, 0.1) is 53.9 Å². The fourth-order valence-electron chi connectivity index (χ4n) is 3.40. The van der Waals surface area contributed by atoms with Gasteiger partial charge in [-0.2, -0.15) is 0 Å². The maximum absolute atomic E-state index is 13.3. The first kappa shape index (κ1) is 25.3. The Labute approximate surface area is 209 Å². The minimum Gasteiger partial charge on any atom is -0.495 e. The summed E-state index contributed by atoms with van der Waals surface area (Å²) in [5.41, 5.74) is 1.05. The molecule has 1 aliphatic carbocycles. The van der Waals surface area contributed by atoms with E-state index in [0.717, 1.165) is 5.56 Å². The van der Waals surface area contributed by atoms with E-state index in [-0.39, 0.29) is 11.9 Å². The van der Waals surface area contributed by atoms with E-state index in [4.69, 9.17) is 9.47 Å². The third-order valence-electron chi connectivity index (χ3n) is 5.71. The maximum Gasteiger partial charge on any atom is 0.237 e. The van der Waals surface area contributed by atoms with Crippen molar-refractivity contribution in [3.8, 4) is 22.9 Å². The molecule has 1 aromatic carbocycles. The highest BCUT2D eigenvalue weighted by Gasteiger charge is 2.37. The van der Waals surface area contributed by atoms with Gasteiger partial charge in [0.2, 0.25) is 27.8 Å². The largest absolute Gasteiger partial charge is 0.495 e. The van der Waals surface area contributed by atoms with E-state index in [1.165, 1.54) is 19.5 Å². The van der Waals surface area contributed by atoms with E-state index >= 15 is 0 Å². The van der Waals surface area contributed by atoms with Crippen molar-refractivity contribution in [2.24, 2.45) is 0 Å². The van der Waals surface area contributed by atoms with Crippen LogP contribution in [-0.4, -0.2) is 53.2 Å². The second-order valence-corrected chi connectivity index (χ2v) is 10.7. The second-order valence-electron chi connectivity index (χ2n) is 8.78. The number of nitrogens with one attached hydrogen (secondary N) is 2. The molecule has 1 amide bonds. The molecule has 3 aromatic rings. The highest BCUT2D eigenvalue weighted by Crippen LogP contribution is 2.33. The van der Waals surface area contributed by atoms with Crippen LogP contribution in [0, 0.1) is 0 Å². The van der Waals surface area contributed by atoms with E-state index in [9.17, 15) is 13.2 Å². The van der Waals surface area contributed by atoms with Crippen LogP contribution in [0.2, 0.25) is 0 Å². The predicted molar refractivity (Wildman–Crippen MR) is 134 cm³/mol. The zero-order chi connectivity index (χ0) is 25.9. The Kier molecular flexibility index (Phi) is 7.07. The molecule has 0 saturated heterocycles. The van der Waals surface area contributed by atoms with Crippen LogP contribution in [0.5, 0.6) is 11.6 Å². The third kappa shape index (κ3) is 5.54. The number of amides is 1. The van der Waals surface area contributed by atoms with Crippen LogP contribution >= 0.6 is 0 Å². The molecule has 190 valence electrons. The molecule has 0 bridgehead atoms.